The Morgan fingerprint density at radius 1 is 0.279 bits per heavy atom. The molecule has 0 bridgehead atoms. The number of rotatable bonds is 3. The minimum atomic E-state index is -0.678. The standard InChI is InChI=1S/C59H34O2/c1-3-15-35(16-4-1)36-27-29-38(30-28-36)45-34-49-57(58-53(45)42-22-10-14-26-51(42)61-58)54-40-20-8-7-19-39(40)44(37-17-5-2-6-18-37)33-48(54)59(49)46-24-12-9-21-41(46)55-47(59)31-32-52-56(55)43-23-11-13-25-50(43)60-52/h1-34H. The molecule has 0 N–H and O–H groups in total. The van der Waals surface area contributed by atoms with E-state index in [-0.39, 0.29) is 0 Å². The second-order valence-corrected chi connectivity index (χ2v) is 16.6. The van der Waals surface area contributed by atoms with E-state index in [1.54, 1.807) is 0 Å². The van der Waals surface area contributed by atoms with Crippen molar-refractivity contribution in [2.45, 2.75) is 5.41 Å². The molecule has 2 aliphatic carbocycles. The molecule has 12 aromatic rings. The predicted molar refractivity (Wildman–Crippen MR) is 251 cm³/mol. The van der Waals surface area contributed by atoms with Crippen molar-refractivity contribution in [3.63, 3.8) is 0 Å². The molecular formula is C59H34O2. The summed E-state index contributed by atoms with van der Waals surface area (Å²) in [5.41, 5.74) is 20.0. The van der Waals surface area contributed by atoms with Gasteiger partial charge in [-0.25, -0.2) is 0 Å². The fourth-order valence-corrected chi connectivity index (χ4v) is 11.2. The first-order valence-electron chi connectivity index (χ1n) is 21.1. The first-order valence-corrected chi connectivity index (χ1v) is 21.1. The topological polar surface area (TPSA) is 26.3 Å². The van der Waals surface area contributed by atoms with Gasteiger partial charge in [-0.05, 0) is 113 Å². The van der Waals surface area contributed by atoms with E-state index in [9.17, 15) is 0 Å². The second kappa shape index (κ2) is 12.1. The number of benzene rings is 10. The molecule has 10 aromatic carbocycles. The van der Waals surface area contributed by atoms with E-state index < -0.39 is 5.41 Å². The third-order valence-electron chi connectivity index (χ3n) is 13.7. The van der Waals surface area contributed by atoms with Crippen LogP contribution in [0.15, 0.2) is 215 Å². The highest BCUT2D eigenvalue weighted by Gasteiger charge is 2.54. The molecule has 1 spiro atoms. The van der Waals surface area contributed by atoms with Gasteiger partial charge < -0.3 is 8.83 Å². The molecule has 282 valence electrons. The minimum Gasteiger partial charge on any atom is -0.456 e. The quantitative estimate of drug-likeness (QED) is 0.179. The predicted octanol–water partition coefficient (Wildman–Crippen LogP) is 16.0. The Bertz CT molecular complexity index is 3790. The van der Waals surface area contributed by atoms with Gasteiger partial charge >= 0.3 is 0 Å². The van der Waals surface area contributed by atoms with Crippen molar-refractivity contribution in [1.82, 2.24) is 0 Å². The van der Waals surface area contributed by atoms with Gasteiger partial charge in [-0.15, -0.1) is 0 Å². The maximum atomic E-state index is 7.25. The Hall–Kier alpha value is -7.94. The molecule has 0 fully saturated rings. The summed E-state index contributed by atoms with van der Waals surface area (Å²) in [6.07, 6.45) is 0. The van der Waals surface area contributed by atoms with Gasteiger partial charge in [0.15, 0.2) is 0 Å². The molecule has 2 aliphatic rings. The highest BCUT2D eigenvalue weighted by atomic mass is 16.3. The highest BCUT2D eigenvalue weighted by molar-refractivity contribution is 6.24. The van der Waals surface area contributed by atoms with E-state index in [2.05, 4.69) is 206 Å². The molecule has 0 aliphatic heterocycles. The van der Waals surface area contributed by atoms with Crippen LogP contribution in [0.2, 0.25) is 0 Å². The van der Waals surface area contributed by atoms with E-state index in [1.165, 1.54) is 83.1 Å². The number of fused-ring (bicyclic) bond motifs is 20. The first-order chi connectivity index (χ1) is 30.3. The van der Waals surface area contributed by atoms with E-state index >= 15 is 0 Å². The van der Waals surface area contributed by atoms with Crippen LogP contribution in [0.4, 0.5) is 0 Å². The zero-order valence-electron chi connectivity index (χ0n) is 32.9. The summed E-state index contributed by atoms with van der Waals surface area (Å²) in [5, 5.41) is 7.01. The molecule has 1 unspecified atom stereocenters. The lowest BCUT2D eigenvalue weighted by atomic mass is 9.69. The third-order valence-corrected chi connectivity index (χ3v) is 13.7. The van der Waals surface area contributed by atoms with Crippen molar-refractivity contribution in [3.05, 3.63) is 229 Å². The van der Waals surface area contributed by atoms with Crippen molar-refractivity contribution < 1.29 is 8.83 Å². The molecule has 2 aromatic heterocycles. The summed E-state index contributed by atoms with van der Waals surface area (Å²) in [6, 6.07) is 75.4. The molecule has 2 heteroatoms. The molecule has 61 heavy (non-hydrogen) atoms. The van der Waals surface area contributed by atoms with Crippen molar-refractivity contribution in [2.24, 2.45) is 0 Å². The van der Waals surface area contributed by atoms with Gasteiger partial charge in [0.05, 0.1) is 5.41 Å². The SMILES string of the molecule is c1ccc(-c2ccc(-c3cc4c(c5oc6ccccc6c35)-c3c(cc(-c5ccccc5)c5ccccc35)C43c4ccccc4-c4c3ccc3oc5ccccc5c43)cc2)cc1. The number of para-hydroxylation sites is 2. The summed E-state index contributed by atoms with van der Waals surface area (Å²) >= 11 is 0. The van der Waals surface area contributed by atoms with Gasteiger partial charge in [0.2, 0.25) is 0 Å². The summed E-state index contributed by atoms with van der Waals surface area (Å²) in [7, 11) is 0. The van der Waals surface area contributed by atoms with E-state index in [4.69, 9.17) is 8.83 Å². The van der Waals surface area contributed by atoms with Crippen molar-refractivity contribution >= 4 is 54.6 Å². The van der Waals surface area contributed by atoms with Crippen LogP contribution in [0.5, 0.6) is 0 Å². The molecule has 2 nitrogen and oxygen atoms in total. The lowest BCUT2D eigenvalue weighted by Gasteiger charge is -2.31. The Labute approximate surface area is 351 Å². The summed E-state index contributed by atoms with van der Waals surface area (Å²) in [5.74, 6) is 0. The summed E-state index contributed by atoms with van der Waals surface area (Å²) in [6.45, 7) is 0. The molecule has 0 saturated carbocycles. The molecule has 2 heterocycles. The Kier molecular flexibility index (Phi) is 6.52. The number of furan rings is 2. The fourth-order valence-electron chi connectivity index (χ4n) is 11.2. The van der Waals surface area contributed by atoms with Gasteiger partial charge in [-0.2, -0.15) is 0 Å². The normalized spacial score (nSPS) is 15.0. The zero-order valence-corrected chi connectivity index (χ0v) is 32.9. The molecule has 14 rings (SSSR count). The monoisotopic (exact) mass is 774 g/mol. The van der Waals surface area contributed by atoms with Gasteiger partial charge in [0, 0.05) is 27.1 Å². The van der Waals surface area contributed by atoms with Crippen LogP contribution < -0.4 is 0 Å². The van der Waals surface area contributed by atoms with Crippen LogP contribution in [0.3, 0.4) is 0 Å². The molecular weight excluding hydrogens is 741 g/mol. The fraction of sp³-hybridized carbons (Fsp3) is 0.0169. The zero-order chi connectivity index (χ0) is 39.8. The lowest BCUT2D eigenvalue weighted by molar-refractivity contribution is 0.667. The van der Waals surface area contributed by atoms with Crippen molar-refractivity contribution in [2.75, 3.05) is 0 Å². The maximum Gasteiger partial charge on any atom is 0.144 e. The van der Waals surface area contributed by atoms with Crippen LogP contribution in [0.25, 0.3) is 110 Å². The van der Waals surface area contributed by atoms with Crippen LogP contribution in [-0.2, 0) is 5.41 Å². The molecule has 1 atom stereocenters. The Morgan fingerprint density at radius 2 is 0.820 bits per heavy atom. The summed E-state index contributed by atoms with van der Waals surface area (Å²) < 4.78 is 13.9. The van der Waals surface area contributed by atoms with Crippen molar-refractivity contribution in [3.8, 4) is 55.6 Å². The van der Waals surface area contributed by atoms with E-state index in [0.717, 1.165) is 49.4 Å². The largest absolute Gasteiger partial charge is 0.456 e. The number of hydrogen-bond donors (Lipinski definition) is 0. The lowest BCUT2D eigenvalue weighted by Crippen LogP contribution is -2.26. The van der Waals surface area contributed by atoms with Crippen LogP contribution in [0, 0.1) is 0 Å². The maximum absolute atomic E-state index is 7.25. The van der Waals surface area contributed by atoms with Crippen LogP contribution in [0.1, 0.15) is 22.3 Å². The van der Waals surface area contributed by atoms with Crippen LogP contribution in [-0.4, -0.2) is 0 Å². The average Bonchev–Trinajstić information content (AvgIpc) is 4.07. The van der Waals surface area contributed by atoms with E-state index in [1.807, 2.05) is 0 Å². The van der Waals surface area contributed by atoms with Gasteiger partial charge in [0.1, 0.15) is 22.3 Å². The van der Waals surface area contributed by atoms with E-state index in [0.29, 0.717) is 0 Å². The molecule has 0 saturated heterocycles. The Balaban J connectivity index is 1.19. The average molecular weight is 775 g/mol. The second-order valence-electron chi connectivity index (χ2n) is 16.6. The first kappa shape index (κ1) is 33.0. The van der Waals surface area contributed by atoms with Gasteiger partial charge in [-0.1, -0.05) is 176 Å². The molecule has 0 radical (unpaired) electrons. The molecule has 0 amide bonds. The minimum absolute atomic E-state index is 0.678. The van der Waals surface area contributed by atoms with Crippen molar-refractivity contribution in [1.29, 1.82) is 0 Å². The third kappa shape index (κ3) is 4.26. The van der Waals surface area contributed by atoms with Crippen LogP contribution >= 0.6 is 0 Å². The Morgan fingerprint density at radius 3 is 1.59 bits per heavy atom. The smallest absolute Gasteiger partial charge is 0.144 e. The number of hydrogen-bond acceptors (Lipinski definition) is 2. The van der Waals surface area contributed by atoms with Gasteiger partial charge in [-0.3, -0.25) is 0 Å². The van der Waals surface area contributed by atoms with Gasteiger partial charge in [0.25, 0.3) is 0 Å². The highest BCUT2D eigenvalue weighted by Crippen LogP contribution is 2.67. The summed E-state index contributed by atoms with van der Waals surface area (Å²) in [4.78, 5) is 0.